The van der Waals surface area contributed by atoms with Gasteiger partial charge in [0, 0.05) is 0 Å². The first-order chi connectivity index (χ1) is 15.3. The third-order valence-corrected chi connectivity index (χ3v) is 4.22. The molecule has 0 saturated carbocycles. The van der Waals surface area contributed by atoms with E-state index in [1.54, 1.807) is 37.5 Å². The number of nitrogen functional groups attached to an aromatic ring is 1. The van der Waals surface area contributed by atoms with Crippen LogP contribution in [0.5, 0.6) is 23.0 Å². The Bertz CT molecular complexity index is 975. The Kier molecular flexibility index (Phi) is 10.3. The van der Waals surface area contributed by atoms with Crippen LogP contribution in [0.25, 0.3) is 11.6 Å². The van der Waals surface area contributed by atoms with Crippen molar-refractivity contribution in [2.24, 2.45) is 11.5 Å². The van der Waals surface area contributed by atoms with Gasteiger partial charge >= 0.3 is 0 Å². The lowest BCUT2D eigenvalue weighted by Gasteiger charge is -2.14. The Labute approximate surface area is 186 Å². The molecular weight excluding hydrogens is 416 g/mol. The second kappa shape index (κ2) is 12.7. The predicted molar refractivity (Wildman–Crippen MR) is 121 cm³/mol. The zero-order valence-corrected chi connectivity index (χ0v) is 18.4. The maximum atomic E-state index is 9.87. The number of rotatable bonds is 8. The van der Waals surface area contributed by atoms with Crippen molar-refractivity contribution in [3.63, 3.8) is 0 Å². The fourth-order valence-corrected chi connectivity index (χ4v) is 2.52. The van der Waals surface area contributed by atoms with E-state index >= 15 is 0 Å². The van der Waals surface area contributed by atoms with Crippen LogP contribution in [0.15, 0.2) is 30.3 Å². The summed E-state index contributed by atoms with van der Waals surface area (Å²) in [5.41, 5.74) is 17.8. The van der Waals surface area contributed by atoms with E-state index in [-0.39, 0.29) is 6.61 Å². The molecule has 10 nitrogen and oxygen atoms in total. The molecular formula is C22H28N4O6. The molecule has 1 amide bonds. The molecule has 172 valence electrons. The van der Waals surface area contributed by atoms with Gasteiger partial charge in [-0.2, -0.15) is 5.26 Å². The van der Waals surface area contributed by atoms with Crippen molar-refractivity contribution >= 4 is 23.2 Å². The van der Waals surface area contributed by atoms with Gasteiger partial charge in [-0.05, 0) is 41.5 Å². The summed E-state index contributed by atoms with van der Waals surface area (Å²) in [6.07, 6.45) is 1.73. The number of nitrogens with zero attached hydrogens (tertiary/aromatic N) is 1. The molecule has 0 aliphatic carbocycles. The summed E-state index contributed by atoms with van der Waals surface area (Å²) < 4.78 is 21.1. The van der Waals surface area contributed by atoms with E-state index in [0.29, 0.717) is 39.8 Å². The monoisotopic (exact) mass is 444 g/mol. The van der Waals surface area contributed by atoms with Crippen LogP contribution < -0.4 is 36.1 Å². The predicted octanol–water partition coefficient (Wildman–Crippen LogP) is 1.16. The number of nitrogens with two attached hydrogens (primary N) is 3. The third-order valence-electron chi connectivity index (χ3n) is 4.22. The molecule has 2 rings (SSSR count). The van der Waals surface area contributed by atoms with Gasteiger partial charge < -0.3 is 41.3 Å². The number of amides is 1. The van der Waals surface area contributed by atoms with Crippen molar-refractivity contribution in [3.05, 3.63) is 41.5 Å². The largest absolute Gasteiger partial charge is 0.495 e. The molecule has 0 heterocycles. The molecule has 7 N–H and O–H groups in total. The number of primary amides is 1. The van der Waals surface area contributed by atoms with Crippen LogP contribution in [-0.4, -0.2) is 52.1 Å². The molecule has 0 unspecified atom stereocenters. The van der Waals surface area contributed by atoms with Gasteiger partial charge in [0.15, 0.2) is 11.5 Å². The molecule has 32 heavy (non-hydrogen) atoms. The molecule has 0 bridgehead atoms. The molecule has 10 heteroatoms. The van der Waals surface area contributed by atoms with E-state index in [2.05, 4.69) is 11.8 Å². The van der Waals surface area contributed by atoms with Crippen LogP contribution >= 0.6 is 0 Å². The van der Waals surface area contributed by atoms with Crippen molar-refractivity contribution in [2.45, 2.75) is 6.04 Å². The highest BCUT2D eigenvalue weighted by atomic mass is 16.5. The molecule has 0 aliphatic heterocycles. The Hall–Kier alpha value is -3.94. The van der Waals surface area contributed by atoms with Gasteiger partial charge in [-0.1, -0.05) is 6.07 Å². The lowest BCUT2D eigenvalue weighted by atomic mass is 10.0. The lowest BCUT2D eigenvalue weighted by Crippen LogP contribution is -2.39. The number of carbonyl (C=O) groups is 1. The number of benzene rings is 2. The molecule has 0 aliphatic rings. The molecule has 1 atom stereocenters. The van der Waals surface area contributed by atoms with E-state index in [1.165, 1.54) is 21.3 Å². The normalized spacial score (nSPS) is 11.3. The van der Waals surface area contributed by atoms with Crippen molar-refractivity contribution in [2.75, 3.05) is 40.8 Å². The summed E-state index contributed by atoms with van der Waals surface area (Å²) >= 11 is 0. The number of nitriles is 1. The van der Waals surface area contributed by atoms with E-state index in [1.807, 2.05) is 6.07 Å². The summed E-state index contributed by atoms with van der Waals surface area (Å²) in [6.45, 7) is -0.380. The Morgan fingerprint density at radius 1 is 1.06 bits per heavy atom. The first-order valence-corrected chi connectivity index (χ1v) is 9.27. The summed E-state index contributed by atoms with van der Waals surface area (Å²) in [5.74, 6) is 1.34. The van der Waals surface area contributed by atoms with Crippen LogP contribution in [0.1, 0.15) is 11.1 Å². The highest BCUT2D eigenvalue weighted by Gasteiger charge is 2.15. The second-order valence-corrected chi connectivity index (χ2v) is 6.28. The number of ether oxygens (including phenoxy) is 4. The lowest BCUT2D eigenvalue weighted by molar-refractivity contribution is -0.120. The number of allylic oxidation sites excluding steroid dienone is 1. The van der Waals surface area contributed by atoms with Crippen LogP contribution in [0.3, 0.4) is 0 Å². The standard InChI is InChI=1S/C19H20N2O4.C3H8N2O2/c1-22-16-6-5-12(8-15(16)21)7-14(11-20)13-9-17(23-2)19(25-4)18(10-13)24-3;4-2(1-6)3(5)7/h5-10H,21H2,1-4H3;2,6H,1,4H2,(H2,5,7)/b14-7-;/t;2-/m.0/s1. The average molecular weight is 444 g/mol. The SMILES string of the molecule is COc1ccc(/C=C(/C#N)c2cc(OC)c(OC)c(OC)c2)cc1N.NC(=O)[C@@H](N)CO. The fourth-order valence-electron chi connectivity index (χ4n) is 2.52. The summed E-state index contributed by atoms with van der Waals surface area (Å²) in [6, 6.07) is 10.1. The van der Waals surface area contributed by atoms with Crippen LogP contribution in [0.4, 0.5) is 5.69 Å². The average Bonchev–Trinajstić information content (AvgIpc) is 2.81. The smallest absolute Gasteiger partial charge is 0.236 e. The number of aliphatic hydroxyl groups is 1. The van der Waals surface area contributed by atoms with Crippen molar-refractivity contribution in [3.8, 4) is 29.1 Å². The van der Waals surface area contributed by atoms with Crippen molar-refractivity contribution < 1.29 is 28.8 Å². The van der Waals surface area contributed by atoms with Crippen molar-refractivity contribution in [1.29, 1.82) is 5.26 Å². The topological polar surface area (TPSA) is 176 Å². The van der Waals surface area contributed by atoms with Gasteiger partial charge in [-0.15, -0.1) is 0 Å². The molecule has 2 aromatic carbocycles. The third kappa shape index (κ3) is 6.80. The number of hydrogen-bond donors (Lipinski definition) is 4. The quantitative estimate of drug-likeness (QED) is 0.264. The van der Waals surface area contributed by atoms with Gasteiger partial charge in [0.25, 0.3) is 0 Å². The van der Waals surface area contributed by atoms with Crippen molar-refractivity contribution in [1.82, 2.24) is 0 Å². The Morgan fingerprint density at radius 2 is 1.62 bits per heavy atom. The number of anilines is 1. The summed E-state index contributed by atoms with van der Waals surface area (Å²) in [4.78, 5) is 9.87. The van der Waals surface area contributed by atoms with Gasteiger partial charge in [0.2, 0.25) is 11.7 Å². The minimum atomic E-state index is -0.903. The number of aliphatic hydroxyl groups excluding tert-OH is 1. The molecule has 0 saturated heterocycles. The number of hydrogen-bond acceptors (Lipinski definition) is 9. The van der Waals surface area contributed by atoms with Crippen LogP contribution in [0.2, 0.25) is 0 Å². The zero-order valence-electron chi connectivity index (χ0n) is 18.4. The minimum absolute atomic E-state index is 0.380. The van der Waals surface area contributed by atoms with Crippen LogP contribution in [-0.2, 0) is 4.79 Å². The number of carbonyl (C=O) groups excluding carboxylic acids is 1. The maximum Gasteiger partial charge on any atom is 0.236 e. The molecule has 0 fully saturated rings. The molecule has 2 aromatic rings. The van der Waals surface area contributed by atoms with Gasteiger partial charge in [-0.25, -0.2) is 0 Å². The number of methoxy groups -OCH3 is 4. The molecule has 0 radical (unpaired) electrons. The Balaban J connectivity index is 0.000000633. The molecule has 0 spiro atoms. The molecule has 0 aromatic heterocycles. The minimum Gasteiger partial charge on any atom is -0.495 e. The first kappa shape index (κ1) is 26.1. The maximum absolute atomic E-state index is 9.87. The second-order valence-electron chi connectivity index (χ2n) is 6.28. The van der Waals surface area contributed by atoms with Gasteiger partial charge in [0.1, 0.15) is 11.8 Å². The van der Waals surface area contributed by atoms with Gasteiger partial charge in [0.05, 0.1) is 52.4 Å². The van der Waals surface area contributed by atoms with E-state index in [0.717, 1.165) is 5.56 Å². The summed E-state index contributed by atoms with van der Waals surface area (Å²) in [5, 5.41) is 17.7. The summed E-state index contributed by atoms with van der Waals surface area (Å²) in [7, 11) is 6.14. The highest BCUT2D eigenvalue weighted by Crippen LogP contribution is 2.40. The highest BCUT2D eigenvalue weighted by molar-refractivity contribution is 5.91. The van der Waals surface area contributed by atoms with Crippen LogP contribution in [0, 0.1) is 11.3 Å². The fraction of sp³-hybridized carbons (Fsp3) is 0.273. The zero-order chi connectivity index (χ0) is 24.3. The van der Waals surface area contributed by atoms with E-state index in [9.17, 15) is 10.1 Å². The first-order valence-electron chi connectivity index (χ1n) is 9.27. The van der Waals surface area contributed by atoms with E-state index < -0.39 is 11.9 Å². The Morgan fingerprint density at radius 3 is 1.97 bits per heavy atom. The van der Waals surface area contributed by atoms with E-state index in [4.69, 9.17) is 35.5 Å². The van der Waals surface area contributed by atoms with Gasteiger partial charge in [-0.3, -0.25) is 4.79 Å².